The molecule has 26 heavy (non-hydrogen) atoms. The first-order valence-electron chi connectivity index (χ1n) is 8.05. The Labute approximate surface area is 155 Å². The van der Waals surface area contributed by atoms with E-state index >= 15 is 0 Å². The second-order valence-electron chi connectivity index (χ2n) is 6.20. The van der Waals surface area contributed by atoms with Gasteiger partial charge < -0.3 is 15.0 Å². The van der Waals surface area contributed by atoms with Crippen LogP contribution in [0.4, 0.5) is 11.4 Å². The Hall–Kier alpha value is -2.80. The van der Waals surface area contributed by atoms with Crippen LogP contribution in [-0.4, -0.2) is 31.5 Å². The van der Waals surface area contributed by atoms with E-state index < -0.39 is 4.92 Å². The van der Waals surface area contributed by atoms with Crippen molar-refractivity contribution in [3.63, 3.8) is 0 Å². The van der Waals surface area contributed by atoms with Crippen LogP contribution in [-0.2, 0) is 0 Å². The van der Waals surface area contributed by atoms with E-state index in [9.17, 15) is 14.9 Å². The van der Waals surface area contributed by atoms with Gasteiger partial charge in [0, 0.05) is 42.7 Å². The van der Waals surface area contributed by atoms with E-state index in [4.69, 9.17) is 16.3 Å². The number of nitro benzene ring substituents is 1. The monoisotopic (exact) mass is 375 g/mol. The van der Waals surface area contributed by atoms with Crippen LogP contribution in [0, 0.1) is 10.1 Å². The molecule has 1 heterocycles. The summed E-state index contributed by atoms with van der Waals surface area (Å²) in [6, 6.07) is 9.44. The van der Waals surface area contributed by atoms with Crippen molar-refractivity contribution in [3.05, 3.63) is 62.7 Å². The number of rotatable bonds is 4. The SMILES string of the molecule is CN(C)c1ccc(C(=O)NC2CCOc3ccc(Cl)cc32)cc1[N+](=O)[O-]. The number of hydrogen-bond acceptors (Lipinski definition) is 5. The summed E-state index contributed by atoms with van der Waals surface area (Å²) in [6.45, 7) is 0.472. The number of anilines is 1. The van der Waals surface area contributed by atoms with E-state index in [1.807, 2.05) is 0 Å². The number of fused-ring (bicyclic) bond motifs is 1. The molecule has 0 saturated carbocycles. The molecule has 1 unspecified atom stereocenters. The normalized spacial score (nSPS) is 15.6. The summed E-state index contributed by atoms with van der Waals surface area (Å²) in [4.78, 5) is 25.1. The highest BCUT2D eigenvalue weighted by atomic mass is 35.5. The maximum absolute atomic E-state index is 12.6. The maximum atomic E-state index is 12.6. The number of carbonyl (C=O) groups is 1. The zero-order chi connectivity index (χ0) is 18.8. The molecular weight excluding hydrogens is 358 g/mol. The molecule has 7 nitrogen and oxygen atoms in total. The van der Waals surface area contributed by atoms with E-state index in [0.717, 1.165) is 5.56 Å². The van der Waals surface area contributed by atoms with Gasteiger partial charge in [0.1, 0.15) is 11.4 Å². The van der Waals surface area contributed by atoms with Gasteiger partial charge in [-0.3, -0.25) is 14.9 Å². The Morgan fingerprint density at radius 2 is 2.08 bits per heavy atom. The van der Waals surface area contributed by atoms with Gasteiger partial charge in [-0.25, -0.2) is 0 Å². The molecule has 0 radical (unpaired) electrons. The lowest BCUT2D eigenvalue weighted by Gasteiger charge is -2.27. The summed E-state index contributed by atoms with van der Waals surface area (Å²) >= 11 is 6.05. The van der Waals surface area contributed by atoms with Crippen molar-refractivity contribution in [3.8, 4) is 5.75 Å². The van der Waals surface area contributed by atoms with Crippen LogP contribution >= 0.6 is 11.6 Å². The third-order valence-electron chi connectivity index (χ3n) is 4.23. The quantitative estimate of drug-likeness (QED) is 0.652. The van der Waals surface area contributed by atoms with Crippen molar-refractivity contribution in [2.45, 2.75) is 12.5 Å². The summed E-state index contributed by atoms with van der Waals surface area (Å²) in [5.74, 6) is 0.302. The molecule has 0 aromatic heterocycles. The molecule has 2 aromatic rings. The van der Waals surface area contributed by atoms with Crippen LogP contribution in [0.5, 0.6) is 5.75 Å². The number of halogens is 1. The summed E-state index contributed by atoms with van der Waals surface area (Å²) < 4.78 is 5.58. The molecule has 1 N–H and O–H groups in total. The minimum atomic E-state index is -0.490. The van der Waals surface area contributed by atoms with Gasteiger partial charge in [0.05, 0.1) is 17.6 Å². The lowest BCUT2D eigenvalue weighted by Crippen LogP contribution is -2.32. The van der Waals surface area contributed by atoms with Gasteiger partial charge in [0.25, 0.3) is 11.6 Å². The fourth-order valence-electron chi connectivity index (χ4n) is 2.95. The first-order valence-corrected chi connectivity index (χ1v) is 8.43. The van der Waals surface area contributed by atoms with Gasteiger partial charge in [-0.05, 0) is 30.3 Å². The van der Waals surface area contributed by atoms with Gasteiger partial charge in [-0.1, -0.05) is 11.6 Å². The van der Waals surface area contributed by atoms with Crippen LogP contribution in [0.3, 0.4) is 0 Å². The number of nitro groups is 1. The van der Waals surface area contributed by atoms with Crippen LogP contribution < -0.4 is 15.0 Å². The zero-order valence-corrected chi connectivity index (χ0v) is 15.1. The molecule has 1 atom stereocenters. The standard InChI is InChI=1S/C18H18ClN3O4/c1-21(2)15-5-3-11(9-16(15)22(24)25)18(23)20-14-7-8-26-17-6-4-12(19)10-13(14)17/h3-6,9-10,14H,7-8H2,1-2H3,(H,20,23). The third kappa shape index (κ3) is 3.57. The topological polar surface area (TPSA) is 84.7 Å². The molecule has 0 saturated heterocycles. The average Bonchev–Trinajstić information content (AvgIpc) is 2.61. The number of carbonyl (C=O) groups excluding carboxylic acids is 1. The lowest BCUT2D eigenvalue weighted by molar-refractivity contribution is -0.384. The first kappa shape index (κ1) is 18.0. The van der Waals surface area contributed by atoms with Crippen LogP contribution in [0.2, 0.25) is 5.02 Å². The largest absolute Gasteiger partial charge is 0.493 e. The second kappa shape index (κ2) is 7.21. The molecule has 8 heteroatoms. The molecule has 3 rings (SSSR count). The first-order chi connectivity index (χ1) is 12.4. The smallest absolute Gasteiger partial charge is 0.293 e. The van der Waals surface area contributed by atoms with Crippen molar-refractivity contribution in [1.29, 1.82) is 0 Å². The van der Waals surface area contributed by atoms with Gasteiger partial charge >= 0.3 is 0 Å². The van der Waals surface area contributed by atoms with Gasteiger partial charge in [0.15, 0.2) is 0 Å². The number of hydrogen-bond donors (Lipinski definition) is 1. The van der Waals surface area contributed by atoms with Crippen LogP contribution in [0.1, 0.15) is 28.4 Å². The van der Waals surface area contributed by atoms with E-state index in [1.165, 1.54) is 6.07 Å². The molecule has 0 aliphatic carbocycles. The predicted molar refractivity (Wildman–Crippen MR) is 99.2 cm³/mol. The Bertz CT molecular complexity index is 870. The average molecular weight is 376 g/mol. The van der Waals surface area contributed by atoms with E-state index in [2.05, 4.69) is 5.32 Å². The molecule has 0 spiro atoms. The number of nitrogens with zero attached hydrogens (tertiary/aromatic N) is 2. The highest BCUT2D eigenvalue weighted by molar-refractivity contribution is 6.30. The molecule has 0 bridgehead atoms. The fraction of sp³-hybridized carbons (Fsp3) is 0.278. The predicted octanol–water partition coefficient (Wildman–Crippen LogP) is 3.57. The van der Waals surface area contributed by atoms with Crippen LogP contribution in [0.25, 0.3) is 0 Å². The fourth-order valence-corrected chi connectivity index (χ4v) is 3.13. The summed E-state index contributed by atoms with van der Waals surface area (Å²) in [7, 11) is 3.43. The molecule has 1 aliphatic rings. The Morgan fingerprint density at radius 3 is 2.77 bits per heavy atom. The second-order valence-corrected chi connectivity index (χ2v) is 6.64. The maximum Gasteiger partial charge on any atom is 0.293 e. The summed E-state index contributed by atoms with van der Waals surface area (Å²) in [5.41, 5.74) is 1.36. The van der Waals surface area contributed by atoms with E-state index in [-0.39, 0.29) is 23.2 Å². The molecule has 0 fully saturated rings. The lowest BCUT2D eigenvalue weighted by atomic mass is 10.00. The minimum absolute atomic E-state index is 0.113. The van der Waals surface area contributed by atoms with E-state index in [1.54, 1.807) is 49.3 Å². The molecular formula is C18H18ClN3O4. The third-order valence-corrected chi connectivity index (χ3v) is 4.47. The van der Waals surface area contributed by atoms with Crippen LogP contribution in [0.15, 0.2) is 36.4 Å². The number of ether oxygens (including phenoxy) is 1. The Balaban J connectivity index is 1.87. The summed E-state index contributed by atoms with van der Waals surface area (Å²) in [5, 5.41) is 14.8. The summed E-state index contributed by atoms with van der Waals surface area (Å²) in [6.07, 6.45) is 0.594. The van der Waals surface area contributed by atoms with Crippen molar-refractivity contribution in [2.75, 3.05) is 25.6 Å². The Kier molecular flexibility index (Phi) is 4.99. The highest BCUT2D eigenvalue weighted by Crippen LogP contribution is 2.34. The number of benzene rings is 2. The van der Waals surface area contributed by atoms with Crippen molar-refractivity contribution in [2.24, 2.45) is 0 Å². The van der Waals surface area contributed by atoms with Crippen molar-refractivity contribution >= 4 is 28.9 Å². The number of amides is 1. The van der Waals surface area contributed by atoms with Crippen molar-refractivity contribution < 1.29 is 14.5 Å². The zero-order valence-electron chi connectivity index (χ0n) is 14.4. The van der Waals surface area contributed by atoms with Gasteiger partial charge in [-0.15, -0.1) is 0 Å². The highest BCUT2D eigenvalue weighted by Gasteiger charge is 2.25. The molecule has 2 aromatic carbocycles. The van der Waals surface area contributed by atoms with Crippen molar-refractivity contribution in [1.82, 2.24) is 5.32 Å². The molecule has 136 valence electrons. The van der Waals surface area contributed by atoms with E-state index in [0.29, 0.717) is 29.5 Å². The molecule has 1 amide bonds. The molecule has 1 aliphatic heterocycles. The van der Waals surface area contributed by atoms with Gasteiger partial charge in [-0.2, -0.15) is 0 Å². The number of nitrogens with one attached hydrogen (secondary N) is 1. The van der Waals surface area contributed by atoms with Gasteiger partial charge in [0.2, 0.25) is 0 Å². The Morgan fingerprint density at radius 1 is 1.31 bits per heavy atom. The minimum Gasteiger partial charge on any atom is -0.493 e.